The molecule has 11 heavy (non-hydrogen) atoms. The fourth-order valence-electron chi connectivity index (χ4n) is 2.36. The molecule has 0 amide bonds. The van der Waals surface area contributed by atoms with Crippen LogP contribution >= 0.6 is 0 Å². The molecular formula is C9H20N2. The van der Waals surface area contributed by atoms with E-state index in [4.69, 9.17) is 11.5 Å². The highest BCUT2D eigenvalue weighted by atomic mass is 14.8. The molecule has 1 saturated carbocycles. The minimum absolute atomic E-state index is 0.00752. The van der Waals surface area contributed by atoms with Crippen LogP contribution in [0.25, 0.3) is 0 Å². The Labute approximate surface area is 69.3 Å². The molecule has 0 aromatic rings. The van der Waals surface area contributed by atoms with E-state index in [9.17, 15) is 0 Å². The van der Waals surface area contributed by atoms with Gasteiger partial charge in [0.25, 0.3) is 0 Å². The summed E-state index contributed by atoms with van der Waals surface area (Å²) in [6.07, 6.45) is 4.61. The predicted octanol–water partition coefficient (Wildman–Crippen LogP) is 1.24. The third-order valence-electron chi connectivity index (χ3n) is 3.06. The Morgan fingerprint density at radius 3 is 2.55 bits per heavy atom. The first kappa shape index (κ1) is 9.01. The molecule has 1 fully saturated rings. The average Bonchev–Trinajstić information content (AvgIpc) is 1.86. The predicted molar refractivity (Wildman–Crippen MR) is 48.2 cm³/mol. The van der Waals surface area contributed by atoms with Gasteiger partial charge < -0.3 is 11.5 Å². The number of rotatable bonds is 1. The molecule has 4 N–H and O–H groups in total. The Morgan fingerprint density at radius 2 is 2.18 bits per heavy atom. The molecule has 0 bridgehead atoms. The van der Waals surface area contributed by atoms with Gasteiger partial charge in [-0.2, -0.15) is 0 Å². The average molecular weight is 156 g/mol. The zero-order chi connectivity index (χ0) is 8.48. The molecule has 0 aromatic carbocycles. The second kappa shape index (κ2) is 3.11. The number of nitrogens with two attached hydrogens (primary N) is 2. The molecule has 1 aliphatic carbocycles. The van der Waals surface area contributed by atoms with Crippen LogP contribution in [-0.2, 0) is 0 Å². The number of hydrogen-bond acceptors (Lipinski definition) is 2. The normalized spacial score (nSPS) is 45.8. The Hall–Kier alpha value is -0.0800. The van der Waals surface area contributed by atoms with Crippen molar-refractivity contribution in [1.82, 2.24) is 0 Å². The highest BCUT2D eigenvalue weighted by Crippen LogP contribution is 2.32. The van der Waals surface area contributed by atoms with Crippen molar-refractivity contribution in [2.45, 2.75) is 51.1 Å². The van der Waals surface area contributed by atoms with Crippen molar-refractivity contribution in [2.24, 2.45) is 17.4 Å². The van der Waals surface area contributed by atoms with Gasteiger partial charge in [-0.3, -0.25) is 0 Å². The maximum atomic E-state index is 6.14. The standard InChI is InChI=1S/C9H20N2/c1-3-7-8(10)5-4-6-9(7,2)11/h7-8H,3-6,10-11H2,1-2H3. The van der Waals surface area contributed by atoms with Gasteiger partial charge in [-0.05, 0) is 25.7 Å². The molecule has 0 heterocycles. The van der Waals surface area contributed by atoms with Gasteiger partial charge in [-0.25, -0.2) is 0 Å². The van der Waals surface area contributed by atoms with Crippen molar-refractivity contribution >= 4 is 0 Å². The van der Waals surface area contributed by atoms with Crippen LogP contribution < -0.4 is 11.5 Å². The van der Waals surface area contributed by atoms with E-state index in [0.29, 0.717) is 12.0 Å². The van der Waals surface area contributed by atoms with Crippen molar-refractivity contribution in [3.63, 3.8) is 0 Å². The van der Waals surface area contributed by atoms with Gasteiger partial charge in [-0.1, -0.05) is 19.8 Å². The van der Waals surface area contributed by atoms with E-state index in [1.807, 2.05) is 0 Å². The zero-order valence-corrected chi connectivity index (χ0v) is 7.64. The molecule has 1 rings (SSSR count). The topological polar surface area (TPSA) is 52.0 Å². The van der Waals surface area contributed by atoms with Crippen LogP contribution in [0.5, 0.6) is 0 Å². The Bertz CT molecular complexity index is 132. The first-order chi connectivity index (χ1) is 5.08. The van der Waals surface area contributed by atoms with Crippen molar-refractivity contribution in [2.75, 3.05) is 0 Å². The van der Waals surface area contributed by atoms with Gasteiger partial charge in [0.15, 0.2) is 0 Å². The van der Waals surface area contributed by atoms with Crippen molar-refractivity contribution < 1.29 is 0 Å². The first-order valence-electron chi connectivity index (χ1n) is 4.62. The first-order valence-corrected chi connectivity index (χ1v) is 4.62. The summed E-state index contributed by atoms with van der Waals surface area (Å²) in [5.74, 6) is 0.524. The molecule has 2 heteroatoms. The van der Waals surface area contributed by atoms with Crippen LogP contribution in [0.1, 0.15) is 39.5 Å². The molecule has 0 aromatic heterocycles. The molecule has 0 spiro atoms. The van der Waals surface area contributed by atoms with E-state index < -0.39 is 0 Å². The van der Waals surface area contributed by atoms with E-state index in [1.54, 1.807) is 0 Å². The van der Waals surface area contributed by atoms with Crippen LogP contribution in [0.4, 0.5) is 0 Å². The fourth-order valence-corrected chi connectivity index (χ4v) is 2.36. The Kier molecular flexibility index (Phi) is 2.55. The number of hydrogen-bond donors (Lipinski definition) is 2. The third kappa shape index (κ3) is 1.74. The Morgan fingerprint density at radius 1 is 1.55 bits per heavy atom. The van der Waals surface area contributed by atoms with E-state index in [-0.39, 0.29) is 5.54 Å². The van der Waals surface area contributed by atoms with E-state index in [2.05, 4.69) is 13.8 Å². The lowest BCUT2D eigenvalue weighted by molar-refractivity contribution is 0.174. The van der Waals surface area contributed by atoms with E-state index >= 15 is 0 Å². The molecule has 2 nitrogen and oxygen atoms in total. The van der Waals surface area contributed by atoms with Crippen molar-refractivity contribution in [3.8, 4) is 0 Å². The van der Waals surface area contributed by atoms with Crippen LogP contribution in [0.2, 0.25) is 0 Å². The summed E-state index contributed by atoms with van der Waals surface area (Å²) in [5.41, 5.74) is 12.1. The van der Waals surface area contributed by atoms with E-state index in [0.717, 1.165) is 19.3 Å². The highest BCUT2D eigenvalue weighted by Gasteiger charge is 2.36. The lowest BCUT2D eigenvalue weighted by Gasteiger charge is -2.42. The summed E-state index contributed by atoms with van der Waals surface area (Å²) in [7, 11) is 0. The summed E-state index contributed by atoms with van der Waals surface area (Å²) in [6, 6.07) is 0.337. The quantitative estimate of drug-likeness (QED) is 0.600. The maximum Gasteiger partial charge on any atom is 0.0169 e. The summed E-state index contributed by atoms with van der Waals surface area (Å²) in [5, 5.41) is 0. The van der Waals surface area contributed by atoms with Crippen LogP contribution in [-0.4, -0.2) is 11.6 Å². The molecule has 66 valence electrons. The van der Waals surface area contributed by atoms with Crippen LogP contribution in [0, 0.1) is 5.92 Å². The summed E-state index contributed by atoms with van der Waals surface area (Å²) >= 11 is 0. The van der Waals surface area contributed by atoms with Crippen LogP contribution in [0.15, 0.2) is 0 Å². The third-order valence-corrected chi connectivity index (χ3v) is 3.06. The smallest absolute Gasteiger partial charge is 0.0169 e. The van der Waals surface area contributed by atoms with Crippen molar-refractivity contribution in [3.05, 3.63) is 0 Å². The summed E-state index contributed by atoms with van der Waals surface area (Å²) in [4.78, 5) is 0. The highest BCUT2D eigenvalue weighted by molar-refractivity contribution is 4.95. The largest absolute Gasteiger partial charge is 0.327 e. The van der Waals surface area contributed by atoms with Gasteiger partial charge in [0.1, 0.15) is 0 Å². The molecule has 0 radical (unpaired) electrons. The minimum Gasteiger partial charge on any atom is -0.327 e. The minimum atomic E-state index is -0.00752. The maximum absolute atomic E-state index is 6.14. The molecular weight excluding hydrogens is 136 g/mol. The summed E-state index contributed by atoms with van der Waals surface area (Å²) < 4.78 is 0. The van der Waals surface area contributed by atoms with Gasteiger partial charge >= 0.3 is 0 Å². The fraction of sp³-hybridized carbons (Fsp3) is 1.00. The molecule has 1 aliphatic rings. The second-order valence-corrected chi connectivity index (χ2v) is 4.08. The second-order valence-electron chi connectivity index (χ2n) is 4.08. The van der Waals surface area contributed by atoms with Crippen molar-refractivity contribution in [1.29, 1.82) is 0 Å². The summed E-state index contributed by atoms with van der Waals surface area (Å²) in [6.45, 7) is 4.32. The van der Waals surface area contributed by atoms with Gasteiger partial charge in [0.05, 0.1) is 0 Å². The molecule has 3 atom stereocenters. The molecule has 0 aliphatic heterocycles. The molecule has 3 unspecified atom stereocenters. The zero-order valence-electron chi connectivity index (χ0n) is 7.64. The van der Waals surface area contributed by atoms with Gasteiger partial charge in [0.2, 0.25) is 0 Å². The SMILES string of the molecule is CCC1C(N)CCCC1(C)N. The van der Waals surface area contributed by atoms with Gasteiger partial charge in [0, 0.05) is 11.6 Å². The lowest BCUT2D eigenvalue weighted by atomic mass is 9.71. The van der Waals surface area contributed by atoms with Crippen LogP contribution in [0.3, 0.4) is 0 Å². The van der Waals surface area contributed by atoms with E-state index in [1.165, 1.54) is 6.42 Å². The lowest BCUT2D eigenvalue weighted by Crippen LogP contribution is -2.54. The van der Waals surface area contributed by atoms with Gasteiger partial charge in [-0.15, -0.1) is 0 Å². The molecule has 0 saturated heterocycles. The monoisotopic (exact) mass is 156 g/mol. The Balaban J connectivity index is 2.64.